The summed E-state index contributed by atoms with van der Waals surface area (Å²) in [6.07, 6.45) is 0.00720. The van der Waals surface area contributed by atoms with Gasteiger partial charge in [-0.05, 0) is 40.7 Å². The van der Waals surface area contributed by atoms with Gasteiger partial charge in [0, 0.05) is 11.4 Å². The summed E-state index contributed by atoms with van der Waals surface area (Å²) in [5, 5.41) is 11.1. The van der Waals surface area contributed by atoms with E-state index in [0.717, 1.165) is 21.7 Å². The van der Waals surface area contributed by atoms with E-state index in [2.05, 4.69) is 32.9 Å². The van der Waals surface area contributed by atoms with Crippen LogP contribution in [0.25, 0.3) is 0 Å². The number of aryl methyl sites for hydroxylation is 1. The predicted octanol–water partition coefficient (Wildman–Crippen LogP) is 5.22. The van der Waals surface area contributed by atoms with Gasteiger partial charge >= 0.3 is 0 Å². The van der Waals surface area contributed by atoms with Gasteiger partial charge in [-0.25, -0.2) is 0 Å². The van der Waals surface area contributed by atoms with Gasteiger partial charge in [-0.2, -0.15) is 0 Å². The zero-order chi connectivity index (χ0) is 15.6. The highest BCUT2D eigenvalue weighted by Crippen LogP contribution is 2.27. The summed E-state index contributed by atoms with van der Waals surface area (Å²) in [5.41, 5.74) is 4.44. The van der Waals surface area contributed by atoms with E-state index in [1.807, 2.05) is 37.3 Å². The molecule has 21 heavy (non-hydrogen) atoms. The van der Waals surface area contributed by atoms with Crippen molar-refractivity contribution in [1.82, 2.24) is 0 Å². The molecule has 0 heterocycles. The van der Waals surface area contributed by atoms with Crippen molar-refractivity contribution in [3.05, 3.63) is 69.7 Å². The Balaban J connectivity index is 2.15. The van der Waals surface area contributed by atoms with Crippen molar-refractivity contribution in [1.29, 1.82) is 0 Å². The first kappa shape index (κ1) is 16.1. The molecule has 0 radical (unpaired) electrons. The van der Waals surface area contributed by atoms with E-state index in [4.69, 9.17) is 11.6 Å². The van der Waals surface area contributed by atoms with E-state index < -0.39 is 6.10 Å². The standard InChI is InChI=1S/C19H23ClO/c1-13-5-6-15(17(20)11-13)12-18(21)14-7-9-16(10-8-14)19(2,3)4/h5-11,18,21H,12H2,1-4H3. The highest BCUT2D eigenvalue weighted by atomic mass is 35.5. The molecule has 0 saturated carbocycles. The second-order valence-electron chi connectivity index (χ2n) is 6.69. The molecule has 112 valence electrons. The van der Waals surface area contributed by atoms with Gasteiger partial charge in [-0.15, -0.1) is 0 Å². The molecule has 0 aliphatic heterocycles. The Morgan fingerprint density at radius 1 is 1.05 bits per heavy atom. The molecule has 0 aliphatic rings. The second kappa shape index (κ2) is 6.21. The minimum absolute atomic E-state index is 0.129. The Bertz CT molecular complexity index is 608. The number of aliphatic hydroxyl groups excluding tert-OH is 1. The molecule has 1 N–H and O–H groups in total. The van der Waals surface area contributed by atoms with E-state index in [0.29, 0.717) is 6.42 Å². The molecule has 0 amide bonds. The molecule has 0 spiro atoms. The van der Waals surface area contributed by atoms with Crippen LogP contribution in [-0.4, -0.2) is 5.11 Å². The molecular formula is C19H23ClO. The Kier molecular flexibility index (Phi) is 4.75. The van der Waals surface area contributed by atoms with Crippen molar-refractivity contribution >= 4 is 11.6 Å². The van der Waals surface area contributed by atoms with Crippen LogP contribution in [0.3, 0.4) is 0 Å². The van der Waals surface area contributed by atoms with E-state index in [-0.39, 0.29) is 5.41 Å². The lowest BCUT2D eigenvalue weighted by atomic mass is 9.86. The van der Waals surface area contributed by atoms with Crippen LogP contribution < -0.4 is 0 Å². The molecule has 0 bridgehead atoms. The maximum Gasteiger partial charge on any atom is 0.0830 e. The minimum atomic E-state index is -0.528. The average molecular weight is 303 g/mol. The smallest absolute Gasteiger partial charge is 0.0830 e. The molecule has 2 rings (SSSR count). The molecular weight excluding hydrogens is 280 g/mol. The third kappa shape index (κ3) is 4.09. The molecule has 0 fully saturated rings. The van der Waals surface area contributed by atoms with Crippen LogP contribution in [0.5, 0.6) is 0 Å². The average Bonchev–Trinajstić information content (AvgIpc) is 2.41. The van der Waals surface area contributed by atoms with Crippen molar-refractivity contribution in [3.63, 3.8) is 0 Å². The predicted molar refractivity (Wildman–Crippen MR) is 90.0 cm³/mol. The highest BCUT2D eigenvalue weighted by Gasteiger charge is 2.15. The van der Waals surface area contributed by atoms with Crippen molar-refractivity contribution in [2.24, 2.45) is 0 Å². The largest absolute Gasteiger partial charge is 0.388 e. The Morgan fingerprint density at radius 2 is 1.67 bits per heavy atom. The fraction of sp³-hybridized carbons (Fsp3) is 0.368. The number of hydrogen-bond acceptors (Lipinski definition) is 1. The lowest BCUT2D eigenvalue weighted by Gasteiger charge is -2.20. The molecule has 2 aromatic rings. The maximum atomic E-state index is 10.4. The van der Waals surface area contributed by atoms with Gasteiger partial charge < -0.3 is 5.11 Å². The number of aliphatic hydroxyl groups is 1. The highest BCUT2D eigenvalue weighted by molar-refractivity contribution is 6.31. The van der Waals surface area contributed by atoms with E-state index >= 15 is 0 Å². The molecule has 1 unspecified atom stereocenters. The summed E-state index contributed by atoms with van der Waals surface area (Å²) in [4.78, 5) is 0. The van der Waals surface area contributed by atoms with Gasteiger partial charge in [0.2, 0.25) is 0 Å². The molecule has 0 aliphatic carbocycles. The molecule has 0 saturated heterocycles. The van der Waals surface area contributed by atoms with Crippen LogP contribution in [0.1, 0.15) is 49.1 Å². The topological polar surface area (TPSA) is 20.2 Å². The fourth-order valence-electron chi connectivity index (χ4n) is 2.35. The quantitative estimate of drug-likeness (QED) is 0.824. The van der Waals surface area contributed by atoms with Crippen LogP contribution in [0.2, 0.25) is 5.02 Å². The van der Waals surface area contributed by atoms with Gasteiger partial charge in [0.1, 0.15) is 0 Å². The monoisotopic (exact) mass is 302 g/mol. The summed E-state index contributed by atoms with van der Waals surface area (Å²) in [5.74, 6) is 0. The summed E-state index contributed by atoms with van der Waals surface area (Å²) < 4.78 is 0. The van der Waals surface area contributed by atoms with Gasteiger partial charge in [-0.1, -0.05) is 68.8 Å². The SMILES string of the molecule is Cc1ccc(CC(O)c2ccc(C(C)(C)C)cc2)c(Cl)c1. The second-order valence-corrected chi connectivity index (χ2v) is 7.09. The maximum absolute atomic E-state index is 10.4. The van der Waals surface area contributed by atoms with Gasteiger partial charge in [0.05, 0.1) is 6.10 Å². The van der Waals surface area contributed by atoms with E-state index in [1.54, 1.807) is 0 Å². The van der Waals surface area contributed by atoms with Crippen molar-refractivity contribution in [3.8, 4) is 0 Å². The van der Waals surface area contributed by atoms with Crippen LogP contribution in [0, 0.1) is 6.92 Å². The molecule has 0 aromatic heterocycles. The summed E-state index contributed by atoms with van der Waals surface area (Å²) in [7, 11) is 0. The van der Waals surface area contributed by atoms with Crippen LogP contribution in [0.15, 0.2) is 42.5 Å². The van der Waals surface area contributed by atoms with Crippen LogP contribution in [-0.2, 0) is 11.8 Å². The number of rotatable bonds is 3. The first-order chi connectivity index (χ1) is 9.77. The normalized spacial score (nSPS) is 13.2. The number of benzene rings is 2. The third-order valence-corrected chi connectivity index (χ3v) is 4.14. The third-order valence-electron chi connectivity index (χ3n) is 3.78. The summed E-state index contributed by atoms with van der Waals surface area (Å²) in [6.45, 7) is 8.57. The molecule has 2 heteroatoms. The van der Waals surface area contributed by atoms with E-state index in [9.17, 15) is 5.11 Å². The van der Waals surface area contributed by atoms with Gasteiger partial charge in [-0.3, -0.25) is 0 Å². The zero-order valence-electron chi connectivity index (χ0n) is 13.2. The van der Waals surface area contributed by atoms with Crippen molar-refractivity contribution in [2.45, 2.75) is 45.6 Å². The number of hydrogen-bond donors (Lipinski definition) is 1. The van der Waals surface area contributed by atoms with E-state index in [1.165, 1.54) is 5.56 Å². The molecule has 1 atom stereocenters. The van der Waals surface area contributed by atoms with Gasteiger partial charge in [0.25, 0.3) is 0 Å². The summed E-state index contributed by atoms with van der Waals surface area (Å²) >= 11 is 6.24. The first-order valence-electron chi connectivity index (χ1n) is 7.31. The Morgan fingerprint density at radius 3 is 2.19 bits per heavy atom. The first-order valence-corrected chi connectivity index (χ1v) is 7.69. The van der Waals surface area contributed by atoms with Crippen molar-refractivity contribution < 1.29 is 5.11 Å². The number of halogens is 1. The van der Waals surface area contributed by atoms with Gasteiger partial charge in [0.15, 0.2) is 0 Å². The zero-order valence-corrected chi connectivity index (χ0v) is 13.9. The van der Waals surface area contributed by atoms with Crippen LogP contribution >= 0.6 is 11.6 Å². The lowest BCUT2D eigenvalue weighted by molar-refractivity contribution is 0.178. The minimum Gasteiger partial charge on any atom is -0.388 e. The fourth-order valence-corrected chi connectivity index (χ4v) is 2.66. The Labute approximate surface area is 132 Å². The molecule has 1 nitrogen and oxygen atoms in total. The van der Waals surface area contributed by atoms with Crippen LogP contribution in [0.4, 0.5) is 0 Å². The Hall–Kier alpha value is -1.31. The molecule has 2 aromatic carbocycles. The lowest BCUT2D eigenvalue weighted by Crippen LogP contribution is -2.11. The van der Waals surface area contributed by atoms with Crippen molar-refractivity contribution in [2.75, 3.05) is 0 Å². The summed E-state index contributed by atoms with van der Waals surface area (Å²) in [6, 6.07) is 14.2.